The Morgan fingerprint density at radius 3 is 2.50 bits per heavy atom. The van der Waals surface area contributed by atoms with Gasteiger partial charge in [0.1, 0.15) is 11.3 Å². The summed E-state index contributed by atoms with van der Waals surface area (Å²) in [5, 5.41) is 0.879. The van der Waals surface area contributed by atoms with Crippen molar-refractivity contribution in [1.29, 1.82) is 0 Å². The Morgan fingerprint density at radius 2 is 1.80 bits per heavy atom. The number of halogens is 1. The number of fused-ring (bicyclic) bond motifs is 1. The molecule has 100 valence electrons. The number of benzene rings is 2. The van der Waals surface area contributed by atoms with Crippen molar-refractivity contribution < 1.29 is 9.15 Å². The first kappa shape index (κ1) is 12.9. The number of hydrogen-bond acceptors (Lipinski definition) is 3. The van der Waals surface area contributed by atoms with Crippen molar-refractivity contribution in [2.24, 2.45) is 0 Å². The van der Waals surface area contributed by atoms with Gasteiger partial charge in [-0.3, -0.25) is 0 Å². The molecule has 0 unspecified atom stereocenters. The van der Waals surface area contributed by atoms with Crippen LogP contribution in [0, 0.1) is 0 Å². The van der Waals surface area contributed by atoms with E-state index in [9.17, 15) is 4.79 Å². The molecule has 3 aromatic rings. The van der Waals surface area contributed by atoms with E-state index >= 15 is 0 Å². The Labute approximate surface area is 123 Å². The van der Waals surface area contributed by atoms with Gasteiger partial charge < -0.3 is 9.15 Å². The predicted octanol–water partition coefficient (Wildman–Crippen LogP) is 4.23. The third kappa shape index (κ3) is 2.34. The van der Waals surface area contributed by atoms with Gasteiger partial charge in [0.15, 0.2) is 0 Å². The molecule has 3 rings (SSSR count). The molecule has 2 aromatic carbocycles. The highest BCUT2D eigenvalue weighted by molar-refractivity contribution is 9.10. The van der Waals surface area contributed by atoms with E-state index in [1.165, 1.54) is 0 Å². The van der Waals surface area contributed by atoms with Crippen LogP contribution in [0.4, 0.5) is 0 Å². The van der Waals surface area contributed by atoms with Crippen molar-refractivity contribution in [3.05, 3.63) is 63.4 Å². The highest BCUT2D eigenvalue weighted by atomic mass is 79.9. The zero-order valence-corrected chi connectivity index (χ0v) is 12.3. The second-order valence-corrected chi connectivity index (χ2v) is 5.27. The zero-order chi connectivity index (χ0) is 14.1. The molecule has 0 aliphatic heterocycles. The third-order valence-electron chi connectivity index (χ3n) is 3.10. The molecule has 0 atom stereocenters. The van der Waals surface area contributed by atoms with Crippen LogP contribution in [-0.2, 0) is 0 Å². The van der Waals surface area contributed by atoms with Crippen molar-refractivity contribution in [2.45, 2.75) is 0 Å². The van der Waals surface area contributed by atoms with Crippen molar-refractivity contribution in [2.75, 3.05) is 7.11 Å². The van der Waals surface area contributed by atoms with Crippen LogP contribution in [-0.4, -0.2) is 7.11 Å². The molecule has 0 bridgehead atoms. The average molecular weight is 331 g/mol. The van der Waals surface area contributed by atoms with E-state index in [0.29, 0.717) is 11.1 Å². The van der Waals surface area contributed by atoms with E-state index < -0.39 is 0 Å². The van der Waals surface area contributed by atoms with Crippen LogP contribution in [0.2, 0.25) is 0 Å². The van der Waals surface area contributed by atoms with Crippen molar-refractivity contribution >= 4 is 26.9 Å². The molecule has 3 nitrogen and oxygen atoms in total. The molecule has 1 heterocycles. The molecule has 0 spiro atoms. The smallest absolute Gasteiger partial charge is 0.344 e. The summed E-state index contributed by atoms with van der Waals surface area (Å²) in [6, 6.07) is 14.7. The van der Waals surface area contributed by atoms with E-state index in [2.05, 4.69) is 15.9 Å². The number of ether oxygens (including phenoxy) is 1. The van der Waals surface area contributed by atoms with E-state index in [1.807, 2.05) is 42.5 Å². The molecule has 0 saturated heterocycles. The number of methoxy groups -OCH3 is 1. The maximum Gasteiger partial charge on any atom is 0.344 e. The highest BCUT2D eigenvalue weighted by Crippen LogP contribution is 2.25. The first-order valence-corrected chi connectivity index (χ1v) is 6.84. The molecule has 1 aromatic heterocycles. The first-order valence-electron chi connectivity index (χ1n) is 6.05. The van der Waals surface area contributed by atoms with Gasteiger partial charge in [0.05, 0.1) is 12.7 Å². The van der Waals surface area contributed by atoms with Gasteiger partial charge in [-0.1, -0.05) is 28.1 Å². The van der Waals surface area contributed by atoms with Crippen LogP contribution in [0.1, 0.15) is 0 Å². The van der Waals surface area contributed by atoms with Crippen LogP contribution in [0.5, 0.6) is 5.75 Å². The molecule has 20 heavy (non-hydrogen) atoms. The molecule has 0 fully saturated rings. The van der Waals surface area contributed by atoms with Crippen LogP contribution < -0.4 is 10.4 Å². The maximum atomic E-state index is 12.1. The Balaban J connectivity index is 2.19. The lowest BCUT2D eigenvalue weighted by atomic mass is 10.1. The molecular weight excluding hydrogens is 320 g/mol. The fourth-order valence-corrected chi connectivity index (χ4v) is 2.44. The monoisotopic (exact) mass is 330 g/mol. The number of hydrogen-bond donors (Lipinski definition) is 0. The molecule has 0 saturated carbocycles. The summed E-state index contributed by atoms with van der Waals surface area (Å²) >= 11 is 3.41. The van der Waals surface area contributed by atoms with Crippen LogP contribution in [0.3, 0.4) is 0 Å². The first-order chi connectivity index (χ1) is 9.67. The lowest BCUT2D eigenvalue weighted by molar-refractivity contribution is 0.415. The average Bonchev–Trinajstić information content (AvgIpc) is 2.47. The minimum Gasteiger partial charge on any atom is -0.497 e. The van der Waals surface area contributed by atoms with Crippen molar-refractivity contribution in [3.8, 4) is 16.9 Å². The molecule has 4 heteroatoms. The molecule has 0 amide bonds. The summed E-state index contributed by atoms with van der Waals surface area (Å²) < 4.78 is 11.4. The number of rotatable bonds is 2. The van der Waals surface area contributed by atoms with Crippen molar-refractivity contribution in [3.63, 3.8) is 0 Å². The second kappa shape index (κ2) is 5.13. The molecule has 0 aliphatic carbocycles. The maximum absolute atomic E-state index is 12.1. The molecule has 0 N–H and O–H groups in total. The predicted molar refractivity (Wildman–Crippen MR) is 82.2 cm³/mol. The Kier molecular flexibility index (Phi) is 3.32. The second-order valence-electron chi connectivity index (χ2n) is 4.36. The lowest BCUT2D eigenvalue weighted by Gasteiger charge is -2.04. The molecule has 0 radical (unpaired) electrons. The van der Waals surface area contributed by atoms with E-state index in [-0.39, 0.29) is 5.63 Å². The Morgan fingerprint density at radius 1 is 1.05 bits per heavy atom. The Hall–Kier alpha value is -2.07. The van der Waals surface area contributed by atoms with Crippen LogP contribution >= 0.6 is 15.9 Å². The van der Waals surface area contributed by atoms with Gasteiger partial charge in [0.2, 0.25) is 0 Å². The SMILES string of the molecule is COc1ccc(-c2cc3cc(Br)ccc3oc2=O)cc1. The van der Waals surface area contributed by atoms with Gasteiger partial charge in [-0.2, -0.15) is 0 Å². The van der Waals surface area contributed by atoms with Gasteiger partial charge in [-0.25, -0.2) is 4.79 Å². The largest absolute Gasteiger partial charge is 0.497 e. The minimum atomic E-state index is -0.343. The quantitative estimate of drug-likeness (QED) is 0.660. The van der Waals surface area contributed by atoms with E-state index in [4.69, 9.17) is 9.15 Å². The third-order valence-corrected chi connectivity index (χ3v) is 3.59. The van der Waals surface area contributed by atoms with Crippen molar-refractivity contribution in [1.82, 2.24) is 0 Å². The van der Waals surface area contributed by atoms with E-state index in [0.717, 1.165) is 21.2 Å². The fraction of sp³-hybridized carbons (Fsp3) is 0.0625. The normalized spacial score (nSPS) is 10.7. The summed E-state index contributed by atoms with van der Waals surface area (Å²) in [4.78, 5) is 12.1. The zero-order valence-electron chi connectivity index (χ0n) is 10.7. The van der Waals surface area contributed by atoms with Gasteiger partial charge in [-0.15, -0.1) is 0 Å². The summed E-state index contributed by atoms with van der Waals surface area (Å²) in [7, 11) is 1.61. The standard InChI is InChI=1S/C16H11BrO3/c1-19-13-5-2-10(3-6-13)14-9-11-8-12(17)4-7-15(11)20-16(14)18/h2-9H,1H3. The lowest BCUT2D eigenvalue weighted by Crippen LogP contribution is -2.02. The van der Waals surface area contributed by atoms with Gasteiger partial charge in [-0.05, 0) is 42.0 Å². The Bertz CT molecular complexity index is 819. The summed E-state index contributed by atoms with van der Waals surface area (Å²) in [5.41, 5.74) is 1.58. The van der Waals surface area contributed by atoms with Gasteiger partial charge >= 0.3 is 5.63 Å². The van der Waals surface area contributed by atoms with Crippen LogP contribution in [0.25, 0.3) is 22.1 Å². The summed E-state index contributed by atoms with van der Waals surface area (Å²) in [6.07, 6.45) is 0. The summed E-state index contributed by atoms with van der Waals surface area (Å²) in [5.74, 6) is 0.752. The topological polar surface area (TPSA) is 39.4 Å². The highest BCUT2D eigenvalue weighted by Gasteiger charge is 2.08. The molecule has 0 aliphatic rings. The van der Waals surface area contributed by atoms with E-state index in [1.54, 1.807) is 13.2 Å². The van der Waals surface area contributed by atoms with Gasteiger partial charge in [0.25, 0.3) is 0 Å². The van der Waals surface area contributed by atoms with Gasteiger partial charge in [0, 0.05) is 9.86 Å². The van der Waals surface area contributed by atoms with Crippen LogP contribution in [0.15, 0.2) is 62.2 Å². The fourth-order valence-electron chi connectivity index (χ4n) is 2.07. The molecular formula is C16H11BrO3. The summed E-state index contributed by atoms with van der Waals surface area (Å²) in [6.45, 7) is 0. The minimum absolute atomic E-state index is 0.343.